The Balaban J connectivity index is 1.93. The molecule has 0 aliphatic heterocycles. The zero-order valence-corrected chi connectivity index (χ0v) is 12.8. The first kappa shape index (κ1) is 17.1. The number of halogens is 5. The standard InChI is InChI=1S/C16H11F5N2O2/c1-9-2-3-12-11(6-9)23-14(25-12)10-4-5-22-7-13(10)24-8-15(17,18)16(19,20)21/h2-7H,8H2,1H3. The van der Waals surface area contributed by atoms with Crippen LogP contribution in [0.25, 0.3) is 22.6 Å². The van der Waals surface area contributed by atoms with Gasteiger partial charge in [0.15, 0.2) is 17.9 Å². The molecule has 0 spiro atoms. The van der Waals surface area contributed by atoms with Gasteiger partial charge in [0.05, 0.1) is 11.8 Å². The minimum atomic E-state index is -5.70. The van der Waals surface area contributed by atoms with Gasteiger partial charge >= 0.3 is 12.1 Å². The Hall–Kier alpha value is -2.71. The molecule has 9 heteroatoms. The van der Waals surface area contributed by atoms with E-state index in [2.05, 4.69) is 14.7 Å². The van der Waals surface area contributed by atoms with Gasteiger partial charge in [-0.25, -0.2) is 4.98 Å². The number of aromatic nitrogens is 2. The third kappa shape index (κ3) is 3.40. The summed E-state index contributed by atoms with van der Waals surface area (Å²) >= 11 is 0. The van der Waals surface area contributed by atoms with Crippen molar-refractivity contribution in [1.82, 2.24) is 9.97 Å². The van der Waals surface area contributed by atoms with Gasteiger partial charge in [0.25, 0.3) is 0 Å². The van der Waals surface area contributed by atoms with Crippen molar-refractivity contribution in [2.24, 2.45) is 0 Å². The van der Waals surface area contributed by atoms with Crippen LogP contribution in [0.3, 0.4) is 0 Å². The highest BCUT2D eigenvalue weighted by Gasteiger charge is 2.58. The summed E-state index contributed by atoms with van der Waals surface area (Å²) in [5.74, 6) is -5.23. The number of aryl methyl sites for hydroxylation is 1. The van der Waals surface area contributed by atoms with E-state index < -0.39 is 18.7 Å². The van der Waals surface area contributed by atoms with Gasteiger partial charge < -0.3 is 9.15 Å². The van der Waals surface area contributed by atoms with Crippen molar-refractivity contribution in [3.05, 3.63) is 42.2 Å². The van der Waals surface area contributed by atoms with E-state index in [1.165, 1.54) is 12.3 Å². The minimum absolute atomic E-state index is 0.0355. The maximum absolute atomic E-state index is 13.1. The third-order valence-electron chi connectivity index (χ3n) is 3.38. The monoisotopic (exact) mass is 358 g/mol. The second-order valence-corrected chi connectivity index (χ2v) is 5.35. The van der Waals surface area contributed by atoms with Gasteiger partial charge in [0, 0.05) is 6.20 Å². The fraction of sp³-hybridized carbons (Fsp3) is 0.250. The van der Waals surface area contributed by atoms with Crippen LogP contribution in [0.5, 0.6) is 5.75 Å². The molecule has 3 rings (SSSR count). The van der Waals surface area contributed by atoms with Crippen molar-refractivity contribution in [3.63, 3.8) is 0 Å². The van der Waals surface area contributed by atoms with Crippen LogP contribution >= 0.6 is 0 Å². The van der Waals surface area contributed by atoms with Gasteiger partial charge in [-0.2, -0.15) is 22.0 Å². The van der Waals surface area contributed by atoms with Crippen molar-refractivity contribution >= 4 is 11.1 Å². The first-order valence-corrected chi connectivity index (χ1v) is 7.06. The predicted molar refractivity (Wildman–Crippen MR) is 78.5 cm³/mol. The SMILES string of the molecule is Cc1ccc2oc(-c3ccncc3OCC(F)(F)C(F)(F)F)nc2c1. The summed E-state index contributed by atoms with van der Waals surface area (Å²) in [5.41, 5.74) is 2.03. The zero-order chi connectivity index (χ0) is 18.2. The fourth-order valence-corrected chi connectivity index (χ4v) is 2.07. The Morgan fingerprint density at radius 1 is 1.12 bits per heavy atom. The van der Waals surface area contributed by atoms with E-state index in [0.29, 0.717) is 11.1 Å². The Labute approximate surface area is 138 Å². The van der Waals surface area contributed by atoms with E-state index in [-0.39, 0.29) is 17.2 Å². The topological polar surface area (TPSA) is 48.2 Å². The summed E-state index contributed by atoms with van der Waals surface area (Å²) < 4.78 is 73.1. The van der Waals surface area contributed by atoms with E-state index in [1.54, 1.807) is 18.2 Å². The summed E-state index contributed by atoms with van der Waals surface area (Å²) in [7, 11) is 0. The van der Waals surface area contributed by atoms with Crippen LogP contribution in [0.2, 0.25) is 0 Å². The number of benzene rings is 1. The molecule has 0 saturated carbocycles. The average molecular weight is 358 g/mol. The molecular weight excluding hydrogens is 347 g/mol. The van der Waals surface area contributed by atoms with E-state index in [4.69, 9.17) is 4.42 Å². The van der Waals surface area contributed by atoms with Crippen LogP contribution in [0.4, 0.5) is 22.0 Å². The summed E-state index contributed by atoms with van der Waals surface area (Å²) in [6, 6.07) is 6.59. The molecule has 2 heterocycles. The molecule has 0 amide bonds. The lowest BCUT2D eigenvalue weighted by Crippen LogP contribution is -2.41. The molecule has 3 aromatic rings. The normalized spacial score (nSPS) is 12.6. The molecule has 0 radical (unpaired) electrons. The van der Waals surface area contributed by atoms with Gasteiger partial charge in [-0.1, -0.05) is 6.07 Å². The first-order chi connectivity index (χ1) is 11.7. The maximum Gasteiger partial charge on any atom is 0.456 e. The fourth-order valence-electron chi connectivity index (χ4n) is 2.07. The van der Waals surface area contributed by atoms with Crippen molar-refractivity contribution < 1.29 is 31.1 Å². The number of pyridine rings is 1. The minimum Gasteiger partial charge on any atom is -0.484 e. The van der Waals surface area contributed by atoms with Gasteiger partial charge in [0.2, 0.25) is 5.89 Å². The van der Waals surface area contributed by atoms with Crippen LogP contribution in [-0.2, 0) is 0 Å². The zero-order valence-electron chi connectivity index (χ0n) is 12.8. The molecule has 0 N–H and O–H groups in total. The van der Waals surface area contributed by atoms with Crippen LogP contribution in [-0.4, -0.2) is 28.7 Å². The Bertz CT molecular complexity index is 905. The summed E-state index contributed by atoms with van der Waals surface area (Å²) in [6.07, 6.45) is -3.35. The van der Waals surface area contributed by atoms with Crippen LogP contribution in [0.1, 0.15) is 5.56 Å². The van der Waals surface area contributed by atoms with Crippen molar-refractivity contribution in [2.45, 2.75) is 19.0 Å². The summed E-state index contributed by atoms with van der Waals surface area (Å²) in [4.78, 5) is 7.89. The molecule has 2 aromatic heterocycles. The van der Waals surface area contributed by atoms with Crippen molar-refractivity contribution in [3.8, 4) is 17.2 Å². The second-order valence-electron chi connectivity index (χ2n) is 5.35. The number of rotatable bonds is 4. The van der Waals surface area contributed by atoms with Crippen molar-refractivity contribution in [1.29, 1.82) is 0 Å². The van der Waals surface area contributed by atoms with Crippen molar-refractivity contribution in [2.75, 3.05) is 6.61 Å². The van der Waals surface area contributed by atoms with E-state index in [1.807, 2.05) is 6.92 Å². The molecule has 4 nitrogen and oxygen atoms in total. The predicted octanol–water partition coefficient (Wildman–Crippen LogP) is 4.77. The van der Waals surface area contributed by atoms with Gasteiger partial charge in [-0.05, 0) is 30.7 Å². The van der Waals surface area contributed by atoms with Crippen LogP contribution < -0.4 is 4.74 Å². The lowest BCUT2D eigenvalue weighted by Gasteiger charge is -2.20. The van der Waals surface area contributed by atoms with Gasteiger partial charge in [0.1, 0.15) is 5.52 Å². The summed E-state index contributed by atoms with van der Waals surface area (Å²) in [5, 5.41) is 0. The Morgan fingerprint density at radius 2 is 1.88 bits per heavy atom. The van der Waals surface area contributed by atoms with E-state index >= 15 is 0 Å². The molecule has 1 aromatic carbocycles. The Morgan fingerprint density at radius 3 is 2.60 bits per heavy atom. The molecule has 0 aliphatic carbocycles. The molecule has 0 unspecified atom stereocenters. The highest BCUT2D eigenvalue weighted by atomic mass is 19.4. The van der Waals surface area contributed by atoms with Gasteiger partial charge in [-0.15, -0.1) is 0 Å². The number of hydrogen-bond donors (Lipinski definition) is 0. The molecular formula is C16H11F5N2O2. The second kappa shape index (κ2) is 5.98. The number of fused-ring (bicyclic) bond motifs is 1. The molecule has 0 aliphatic rings. The first-order valence-electron chi connectivity index (χ1n) is 7.06. The smallest absolute Gasteiger partial charge is 0.456 e. The average Bonchev–Trinajstić information content (AvgIpc) is 2.95. The molecule has 0 fully saturated rings. The maximum atomic E-state index is 13.1. The van der Waals surface area contributed by atoms with E-state index in [9.17, 15) is 22.0 Å². The highest BCUT2D eigenvalue weighted by molar-refractivity contribution is 5.78. The third-order valence-corrected chi connectivity index (χ3v) is 3.38. The Kier molecular flexibility index (Phi) is 4.09. The molecule has 0 bridgehead atoms. The molecule has 0 atom stereocenters. The quantitative estimate of drug-likeness (QED) is 0.630. The lowest BCUT2D eigenvalue weighted by atomic mass is 10.2. The van der Waals surface area contributed by atoms with Crippen LogP contribution in [0.15, 0.2) is 41.1 Å². The highest BCUT2D eigenvalue weighted by Crippen LogP contribution is 2.37. The number of hydrogen-bond acceptors (Lipinski definition) is 4. The number of alkyl halides is 5. The largest absolute Gasteiger partial charge is 0.484 e. The van der Waals surface area contributed by atoms with E-state index in [0.717, 1.165) is 11.8 Å². The summed E-state index contributed by atoms with van der Waals surface area (Å²) in [6.45, 7) is -0.0114. The lowest BCUT2D eigenvalue weighted by molar-refractivity contribution is -0.289. The number of oxazole rings is 1. The van der Waals surface area contributed by atoms with Crippen LogP contribution in [0, 0.1) is 6.92 Å². The molecule has 132 valence electrons. The number of ether oxygens (including phenoxy) is 1. The molecule has 0 saturated heterocycles. The van der Waals surface area contributed by atoms with Gasteiger partial charge in [-0.3, -0.25) is 4.98 Å². The molecule has 25 heavy (non-hydrogen) atoms. The number of nitrogens with zero attached hydrogens (tertiary/aromatic N) is 2.